The first-order chi connectivity index (χ1) is 15.4. The van der Waals surface area contributed by atoms with Crippen molar-refractivity contribution in [2.75, 3.05) is 11.4 Å². The van der Waals surface area contributed by atoms with Gasteiger partial charge in [-0.2, -0.15) is 0 Å². The number of nitrogens with zero attached hydrogens (tertiary/aromatic N) is 2. The number of anilines is 1. The van der Waals surface area contributed by atoms with E-state index in [1.807, 2.05) is 62.4 Å². The minimum atomic E-state index is -0.502. The van der Waals surface area contributed by atoms with Crippen LogP contribution in [0, 0.1) is 5.92 Å². The zero-order valence-electron chi connectivity index (χ0n) is 18.8. The highest BCUT2D eigenvalue weighted by atomic mass is 16.2. The maximum Gasteiger partial charge on any atom is 0.243 e. The maximum atomic E-state index is 13.1. The van der Waals surface area contributed by atoms with E-state index >= 15 is 0 Å². The van der Waals surface area contributed by atoms with E-state index in [9.17, 15) is 14.4 Å². The third kappa shape index (κ3) is 4.85. The number of carbonyl (C=O) groups excluding carboxylic acids is 3. The van der Waals surface area contributed by atoms with Crippen LogP contribution in [0.5, 0.6) is 0 Å². The zero-order valence-corrected chi connectivity index (χ0v) is 18.8. The number of rotatable bonds is 6. The van der Waals surface area contributed by atoms with Gasteiger partial charge in [0.05, 0.1) is 0 Å². The number of fused-ring (bicyclic) bond motifs is 1. The highest BCUT2D eigenvalue weighted by molar-refractivity contribution is 5.95. The predicted octanol–water partition coefficient (Wildman–Crippen LogP) is 3.43. The smallest absolute Gasteiger partial charge is 0.243 e. The third-order valence-corrected chi connectivity index (χ3v) is 6.24. The van der Waals surface area contributed by atoms with Crippen LogP contribution in [0.25, 0.3) is 0 Å². The van der Waals surface area contributed by atoms with E-state index in [0.717, 1.165) is 35.3 Å². The largest absolute Gasteiger partial charge is 0.350 e. The van der Waals surface area contributed by atoms with Crippen LogP contribution in [-0.2, 0) is 33.9 Å². The molecule has 2 aromatic rings. The summed E-state index contributed by atoms with van der Waals surface area (Å²) in [7, 11) is 0. The van der Waals surface area contributed by atoms with Crippen LogP contribution in [0.4, 0.5) is 5.69 Å². The number of nitrogens with one attached hydrogen (secondary N) is 1. The standard InChI is InChI=1S/C26H31N3O3/c1-18(2)14-25(31)29-17-21-7-4-3-6-20(21)15-23(29)26(32)27-16-19-9-11-22(12-10-19)28-13-5-8-24(28)30/h3-4,6-7,9-12,18,23H,5,8,13-17H2,1-2H3,(H,27,32). The molecule has 0 aliphatic carbocycles. The fraction of sp³-hybridized carbons (Fsp3) is 0.423. The first kappa shape index (κ1) is 22.1. The molecule has 2 aromatic carbocycles. The van der Waals surface area contributed by atoms with Gasteiger partial charge in [-0.15, -0.1) is 0 Å². The summed E-state index contributed by atoms with van der Waals surface area (Å²) in [4.78, 5) is 41.5. The van der Waals surface area contributed by atoms with E-state index in [1.165, 1.54) is 0 Å². The molecule has 0 spiro atoms. The molecule has 0 radical (unpaired) electrons. The SMILES string of the molecule is CC(C)CC(=O)N1Cc2ccccc2CC1C(=O)NCc1ccc(N2CCCC2=O)cc1. The van der Waals surface area contributed by atoms with Crippen molar-refractivity contribution in [2.24, 2.45) is 5.92 Å². The lowest BCUT2D eigenvalue weighted by molar-refractivity contribution is -0.142. The average Bonchev–Trinajstić information content (AvgIpc) is 3.22. The minimum Gasteiger partial charge on any atom is -0.350 e. The van der Waals surface area contributed by atoms with E-state index in [0.29, 0.717) is 32.4 Å². The summed E-state index contributed by atoms with van der Waals surface area (Å²) < 4.78 is 0. The molecule has 1 fully saturated rings. The van der Waals surface area contributed by atoms with Crippen LogP contribution < -0.4 is 10.2 Å². The summed E-state index contributed by atoms with van der Waals surface area (Å²) in [6, 6.07) is 15.3. The van der Waals surface area contributed by atoms with Gasteiger partial charge in [-0.05, 0) is 41.2 Å². The Bertz CT molecular complexity index is 1000. The Kier molecular flexibility index (Phi) is 6.58. The van der Waals surface area contributed by atoms with Gasteiger partial charge in [0.15, 0.2) is 0 Å². The second-order valence-electron chi connectivity index (χ2n) is 9.14. The van der Waals surface area contributed by atoms with Crippen molar-refractivity contribution in [1.29, 1.82) is 0 Å². The molecule has 1 N–H and O–H groups in total. The Morgan fingerprint density at radius 2 is 1.78 bits per heavy atom. The molecule has 2 aliphatic heterocycles. The summed E-state index contributed by atoms with van der Waals surface area (Å²) in [5.41, 5.74) is 4.10. The second-order valence-corrected chi connectivity index (χ2v) is 9.14. The van der Waals surface area contributed by atoms with Crippen molar-refractivity contribution < 1.29 is 14.4 Å². The lowest BCUT2D eigenvalue weighted by Gasteiger charge is -2.36. The van der Waals surface area contributed by atoms with Crippen LogP contribution >= 0.6 is 0 Å². The molecule has 6 heteroatoms. The summed E-state index contributed by atoms with van der Waals surface area (Å²) in [6.45, 7) is 5.66. The Balaban J connectivity index is 1.43. The van der Waals surface area contributed by atoms with Crippen LogP contribution in [0.1, 0.15) is 49.8 Å². The molecule has 168 valence electrons. The highest BCUT2D eigenvalue weighted by Crippen LogP contribution is 2.25. The highest BCUT2D eigenvalue weighted by Gasteiger charge is 2.34. The zero-order chi connectivity index (χ0) is 22.7. The summed E-state index contributed by atoms with van der Waals surface area (Å²) in [5, 5.41) is 3.02. The molecule has 1 unspecified atom stereocenters. The quantitative estimate of drug-likeness (QED) is 0.759. The van der Waals surface area contributed by atoms with Crippen LogP contribution in [0.15, 0.2) is 48.5 Å². The molecule has 32 heavy (non-hydrogen) atoms. The van der Waals surface area contributed by atoms with Crippen molar-refractivity contribution >= 4 is 23.4 Å². The maximum absolute atomic E-state index is 13.1. The van der Waals surface area contributed by atoms with Crippen LogP contribution in [-0.4, -0.2) is 35.2 Å². The Hall–Kier alpha value is -3.15. The number of hydrogen-bond acceptors (Lipinski definition) is 3. The molecule has 3 amide bonds. The molecular formula is C26H31N3O3. The van der Waals surface area contributed by atoms with E-state index in [-0.39, 0.29) is 23.6 Å². The van der Waals surface area contributed by atoms with Gasteiger partial charge in [-0.25, -0.2) is 0 Å². The van der Waals surface area contributed by atoms with Crippen LogP contribution in [0.2, 0.25) is 0 Å². The number of hydrogen-bond donors (Lipinski definition) is 1. The average molecular weight is 434 g/mol. The fourth-order valence-electron chi connectivity index (χ4n) is 4.51. The molecule has 2 heterocycles. The first-order valence-electron chi connectivity index (χ1n) is 11.5. The Morgan fingerprint density at radius 3 is 2.44 bits per heavy atom. The normalized spacial score (nSPS) is 18.1. The van der Waals surface area contributed by atoms with Gasteiger partial charge in [-0.1, -0.05) is 50.2 Å². The Labute approximate surface area is 189 Å². The lowest BCUT2D eigenvalue weighted by Crippen LogP contribution is -2.52. The molecule has 6 nitrogen and oxygen atoms in total. The van der Waals surface area contributed by atoms with Crippen molar-refractivity contribution in [1.82, 2.24) is 10.2 Å². The number of carbonyl (C=O) groups is 3. The predicted molar refractivity (Wildman–Crippen MR) is 124 cm³/mol. The van der Waals surface area contributed by atoms with Crippen molar-refractivity contribution in [2.45, 2.75) is 58.7 Å². The van der Waals surface area contributed by atoms with Gasteiger partial charge >= 0.3 is 0 Å². The van der Waals surface area contributed by atoms with Gasteiger partial charge in [0.25, 0.3) is 0 Å². The van der Waals surface area contributed by atoms with E-state index < -0.39 is 6.04 Å². The second kappa shape index (κ2) is 9.55. The van der Waals surface area contributed by atoms with E-state index in [1.54, 1.807) is 9.80 Å². The van der Waals surface area contributed by atoms with Crippen molar-refractivity contribution in [3.05, 3.63) is 65.2 Å². The fourth-order valence-corrected chi connectivity index (χ4v) is 4.51. The van der Waals surface area contributed by atoms with Gasteiger partial charge in [0, 0.05) is 44.6 Å². The van der Waals surface area contributed by atoms with Gasteiger partial charge in [-0.3, -0.25) is 14.4 Å². The molecule has 1 saturated heterocycles. The molecule has 0 saturated carbocycles. The van der Waals surface area contributed by atoms with Gasteiger partial charge < -0.3 is 15.1 Å². The van der Waals surface area contributed by atoms with E-state index in [4.69, 9.17) is 0 Å². The van der Waals surface area contributed by atoms with Crippen molar-refractivity contribution in [3.63, 3.8) is 0 Å². The Morgan fingerprint density at radius 1 is 1.06 bits per heavy atom. The summed E-state index contributed by atoms with van der Waals surface area (Å²) >= 11 is 0. The monoisotopic (exact) mass is 433 g/mol. The molecule has 2 aliphatic rings. The van der Waals surface area contributed by atoms with Crippen molar-refractivity contribution in [3.8, 4) is 0 Å². The lowest BCUT2D eigenvalue weighted by atomic mass is 9.92. The van der Waals surface area contributed by atoms with Crippen LogP contribution in [0.3, 0.4) is 0 Å². The molecule has 1 atom stereocenters. The first-order valence-corrected chi connectivity index (χ1v) is 11.5. The van der Waals surface area contributed by atoms with E-state index in [2.05, 4.69) is 5.32 Å². The molecule has 4 rings (SSSR count). The topological polar surface area (TPSA) is 69.7 Å². The summed E-state index contributed by atoms with van der Waals surface area (Å²) in [5.74, 6) is 0.295. The third-order valence-electron chi connectivity index (χ3n) is 6.24. The molecular weight excluding hydrogens is 402 g/mol. The number of benzene rings is 2. The minimum absolute atomic E-state index is 0.0225. The molecule has 0 aromatic heterocycles. The summed E-state index contributed by atoms with van der Waals surface area (Å²) in [6.07, 6.45) is 2.46. The van der Waals surface area contributed by atoms with Gasteiger partial charge in [0.1, 0.15) is 6.04 Å². The molecule has 0 bridgehead atoms. The number of amides is 3. The van der Waals surface area contributed by atoms with Gasteiger partial charge in [0.2, 0.25) is 17.7 Å².